The highest BCUT2D eigenvalue weighted by molar-refractivity contribution is 9.10. The molecular weight excluding hydrogens is 344 g/mol. The van der Waals surface area contributed by atoms with E-state index >= 15 is 0 Å². The van der Waals surface area contributed by atoms with E-state index in [9.17, 15) is 0 Å². The van der Waals surface area contributed by atoms with Gasteiger partial charge in [0.1, 0.15) is 0 Å². The molecule has 0 radical (unpaired) electrons. The summed E-state index contributed by atoms with van der Waals surface area (Å²) in [7, 11) is 2.16. The number of thiophene rings is 1. The number of benzene rings is 1. The van der Waals surface area contributed by atoms with Gasteiger partial charge in [0.15, 0.2) is 0 Å². The van der Waals surface area contributed by atoms with Gasteiger partial charge in [0, 0.05) is 33.4 Å². The maximum atomic E-state index is 6.41. The maximum absolute atomic E-state index is 6.41. The molecule has 0 saturated heterocycles. The van der Waals surface area contributed by atoms with Crippen LogP contribution in [0.4, 0.5) is 0 Å². The first-order valence-corrected chi connectivity index (χ1v) is 8.93. The van der Waals surface area contributed by atoms with Crippen LogP contribution in [0.15, 0.2) is 40.2 Å². The highest BCUT2D eigenvalue weighted by Gasteiger charge is 2.23. The summed E-state index contributed by atoms with van der Waals surface area (Å²) in [6, 6.07) is 11.3. The first-order chi connectivity index (χ1) is 10.0. The molecule has 0 saturated carbocycles. The third-order valence-corrected chi connectivity index (χ3v) is 5.44. The fourth-order valence-corrected chi connectivity index (χ4v) is 4.20. The normalized spacial score (nSPS) is 14.4. The number of rotatable bonds is 6. The Morgan fingerprint density at radius 2 is 2.10 bits per heavy atom. The third kappa shape index (κ3) is 4.39. The second-order valence-electron chi connectivity index (χ2n) is 5.58. The van der Waals surface area contributed by atoms with Crippen molar-refractivity contribution in [2.24, 2.45) is 5.73 Å². The maximum Gasteiger partial charge on any atom is 0.0499 e. The van der Waals surface area contributed by atoms with Gasteiger partial charge in [0.25, 0.3) is 0 Å². The van der Waals surface area contributed by atoms with E-state index in [-0.39, 0.29) is 12.1 Å². The van der Waals surface area contributed by atoms with Crippen molar-refractivity contribution in [1.29, 1.82) is 0 Å². The lowest BCUT2D eigenvalue weighted by molar-refractivity contribution is 0.203. The van der Waals surface area contributed by atoms with E-state index in [2.05, 4.69) is 77.4 Å². The fraction of sp³-hybridized carbons (Fsp3) is 0.412. The molecule has 2 unspecified atom stereocenters. The lowest BCUT2D eigenvalue weighted by Crippen LogP contribution is -2.38. The predicted molar refractivity (Wildman–Crippen MR) is 95.7 cm³/mol. The lowest BCUT2D eigenvalue weighted by Gasteiger charge is -2.32. The lowest BCUT2D eigenvalue weighted by atomic mass is 9.95. The zero-order valence-corrected chi connectivity index (χ0v) is 15.2. The molecule has 1 heterocycles. The molecule has 0 aliphatic carbocycles. The second kappa shape index (κ2) is 7.54. The Kier molecular flexibility index (Phi) is 5.99. The minimum atomic E-state index is 0.139. The average Bonchev–Trinajstić information content (AvgIpc) is 2.84. The summed E-state index contributed by atoms with van der Waals surface area (Å²) in [5, 5.41) is 2.13. The molecule has 2 N–H and O–H groups in total. The van der Waals surface area contributed by atoms with Crippen LogP contribution in [0.25, 0.3) is 0 Å². The van der Waals surface area contributed by atoms with Crippen LogP contribution in [-0.4, -0.2) is 18.0 Å². The Morgan fingerprint density at radius 1 is 1.33 bits per heavy atom. The fourth-order valence-electron chi connectivity index (χ4n) is 2.69. The number of hydrogen-bond donors (Lipinski definition) is 1. The van der Waals surface area contributed by atoms with Crippen molar-refractivity contribution in [3.63, 3.8) is 0 Å². The molecule has 1 aromatic heterocycles. The van der Waals surface area contributed by atoms with Crippen LogP contribution in [-0.2, 0) is 6.54 Å². The van der Waals surface area contributed by atoms with Gasteiger partial charge in [-0.05, 0) is 48.0 Å². The van der Waals surface area contributed by atoms with Crippen molar-refractivity contribution < 1.29 is 0 Å². The smallest absolute Gasteiger partial charge is 0.0499 e. The first-order valence-electron chi connectivity index (χ1n) is 7.26. The van der Waals surface area contributed by atoms with Crippen LogP contribution in [0.3, 0.4) is 0 Å². The molecule has 2 rings (SSSR count). The van der Waals surface area contributed by atoms with Gasteiger partial charge in [-0.25, -0.2) is 0 Å². The molecule has 114 valence electrons. The van der Waals surface area contributed by atoms with E-state index < -0.39 is 0 Å². The van der Waals surface area contributed by atoms with E-state index in [1.54, 1.807) is 11.3 Å². The monoisotopic (exact) mass is 366 g/mol. The summed E-state index contributed by atoms with van der Waals surface area (Å²) in [5.74, 6) is 0. The summed E-state index contributed by atoms with van der Waals surface area (Å²) in [6.07, 6.45) is 0.969. The van der Waals surface area contributed by atoms with E-state index in [1.165, 1.54) is 16.0 Å². The van der Waals surface area contributed by atoms with Crippen LogP contribution < -0.4 is 5.73 Å². The zero-order chi connectivity index (χ0) is 15.4. The van der Waals surface area contributed by atoms with Crippen molar-refractivity contribution in [1.82, 2.24) is 4.90 Å². The molecule has 2 atom stereocenters. The summed E-state index contributed by atoms with van der Waals surface area (Å²) in [6.45, 7) is 5.21. The average molecular weight is 367 g/mol. The second-order valence-corrected chi connectivity index (χ2v) is 7.49. The standard InChI is InChI=1S/C17H23BrN2S/c1-4-16(19)17(13-7-5-6-12(2)8-13)20(3)10-15-9-14(18)11-21-15/h5-9,11,16-17H,4,10,19H2,1-3H3. The number of likely N-dealkylation sites (N-methyl/N-ethyl adjacent to an activating group) is 1. The Hall–Kier alpha value is -0.680. The molecule has 0 bridgehead atoms. The minimum absolute atomic E-state index is 0.139. The van der Waals surface area contributed by atoms with Crippen LogP contribution in [0.5, 0.6) is 0 Å². The largest absolute Gasteiger partial charge is 0.326 e. The van der Waals surface area contributed by atoms with Crippen molar-refractivity contribution in [2.45, 2.75) is 38.9 Å². The molecule has 0 aliphatic rings. The van der Waals surface area contributed by atoms with Crippen LogP contribution >= 0.6 is 27.3 Å². The van der Waals surface area contributed by atoms with Gasteiger partial charge >= 0.3 is 0 Å². The van der Waals surface area contributed by atoms with E-state index in [1.807, 2.05) is 0 Å². The molecule has 0 spiro atoms. The van der Waals surface area contributed by atoms with Crippen molar-refractivity contribution in [3.05, 3.63) is 56.2 Å². The minimum Gasteiger partial charge on any atom is -0.326 e. The summed E-state index contributed by atoms with van der Waals surface area (Å²) >= 11 is 5.31. The van der Waals surface area contributed by atoms with Crippen molar-refractivity contribution >= 4 is 27.3 Å². The van der Waals surface area contributed by atoms with Gasteiger partial charge in [0.2, 0.25) is 0 Å². The number of halogens is 1. The predicted octanol–water partition coefficient (Wildman–Crippen LogP) is 4.73. The van der Waals surface area contributed by atoms with Crippen LogP contribution in [0, 0.1) is 6.92 Å². The van der Waals surface area contributed by atoms with E-state index in [0.717, 1.165) is 17.4 Å². The van der Waals surface area contributed by atoms with Gasteiger partial charge in [-0.3, -0.25) is 4.90 Å². The van der Waals surface area contributed by atoms with Gasteiger partial charge in [0.05, 0.1) is 0 Å². The molecule has 0 amide bonds. The topological polar surface area (TPSA) is 29.3 Å². The summed E-state index contributed by atoms with van der Waals surface area (Å²) < 4.78 is 1.16. The Bertz CT molecular complexity index is 582. The molecule has 0 fully saturated rings. The highest BCUT2D eigenvalue weighted by atomic mass is 79.9. The Morgan fingerprint density at radius 3 is 2.67 bits per heavy atom. The molecule has 2 aromatic rings. The molecule has 4 heteroatoms. The zero-order valence-electron chi connectivity index (χ0n) is 12.8. The molecular formula is C17H23BrN2S. The molecule has 2 nitrogen and oxygen atoms in total. The molecule has 21 heavy (non-hydrogen) atoms. The third-order valence-electron chi connectivity index (χ3n) is 3.76. The van der Waals surface area contributed by atoms with Crippen LogP contribution in [0.1, 0.15) is 35.4 Å². The quantitative estimate of drug-likeness (QED) is 0.800. The number of nitrogens with two attached hydrogens (primary N) is 1. The Labute approximate surface area is 140 Å². The van der Waals surface area contributed by atoms with Gasteiger partial charge in [-0.2, -0.15) is 0 Å². The SMILES string of the molecule is CCC(N)C(c1cccc(C)c1)N(C)Cc1cc(Br)cs1. The Balaban J connectivity index is 2.23. The summed E-state index contributed by atoms with van der Waals surface area (Å²) in [5.41, 5.74) is 9.00. The van der Waals surface area contributed by atoms with Crippen molar-refractivity contribution in [2.75, 3.05) is 7.05 Å². The van der Waals surface area contributed by atoms with E-state index in [4.69, 9.17) is 5.73 Å². The van der Waals surface area contributed by atoms with Gasteiger partial charge in [-0.1, -0.05) is 36.8 Å². The molecule has 0 aliphatic heterocycles. The summed E-state index contributed by atoms with van der Waals surface area (Å²) in [4.78, 5) is 3.71. The van der Waals surface area contributed by atoms with Gasteiger partial charge in [-0.15, -0.1) is 11.3 Å². The number of aryl methyl sites for hydroxylation is 1. The van der Waals surface area contributed by atoms with Crippen molar-refractivity contribution in [3.8, 4) is 0 Å². The van der Waals surface area contributed by atoms with Gasteiger partial charge < -0.3 is 5.73 Å². The molecule has 1 aromatic carbocycles. The van der Waals surface area contributed by atoms with Crippen LogP contribution in [0.2, 0.25) is 0 Å². The highest BCUT2D eigenvalue weighted by Crippen LogP contribution is 2.28. The first kappa shape index (κ1) is 16.7. The number of nitrogens with zero attached hydrogens (tertiary/aromatic N) is 1. The van der Waals surface area contributed by atoms with E-state index in [0.29, 0.717) is 0 Å². The number of hydrogen-bond acceptors (Lipinski definition) is 3.